The SMILES string of the molecule is OBOc1c2ccccc2c(-c2cccc(-c3cccc4ccccc34)c2)c2ccccc12. The van der Waals surface area contributed by atoms with E-state index < -0.39 is 0 Å². The van der Waals surface area contributed by atoms with Crippen LogP contribution in [0.1, 0.15) is 0 Å². The van der Waals surface area contributed by atoms with E-state index in [0.717, 1.165) is 32.9 Å². The van der Waals surface area contributed by atoms with Crippen LogP contribution in [0.4, 0.5) is 0 Å². The molecule has 0 atom stereocenters. The van der Waals surface area contributed by atoms with E-state index in [-0.39, 0.29) is 7.69 Å². The van der Waals surface area contributed by atoms with Gasteiger partial charge in [0.1, 0.15) is 5.75 Å². The fourth-order valence-electron chi connectivity index (χ4n) is 4.94. The van der Waals surface area contributed by atoms with Crippen molar-refractivity contribution < 1.29 is 9.68 Å². The molecular formula is C30H21BO2. The van der Waals surface area contributed by atoms with Gasteiger partial charge in [-0.25, -0.2) is 0 Å². The van der Waals surface area contributed by atoms with Crippen LogP contribution < -0.4 is 4.65 Å². The van der Waals surface area contributed by atoms with Crippen molar-refractivity contribution in [2.24, 2.45) is 0 Å². The summed E-state index contributed by atoms with van der Waals surface area (Å²) in [4.78, 5) is 0. The van der Waals surface area contributed by atoms with E-state index in [1.807, 2.05) is 12.1 Å². The fraction of sp³-hybridized carbons (Fsp3) is 0. The zero-order valence-corrected chi connectivity index (χ0v) is 18.0. The minimum absolute atomic E-state index is 0.357. The van der Waals surface area contributed by atoms with Crippen LogP contribution in [0, 0.1) is 0 Å². The van der Waals surface area contributed by atoms with E-state index in [1.165, 1.54) is 27.5 Å². The van der Waals surface area contributed by atoms with E-state index in [1.54, 1.807) is 0 Å². The van der Waals surface area contributed by atoms with Crippen LogP contribution in [0.3, 0.4) is 0 Å². The van der Waals surface area contributed by atoms with Crippen molar-refractivity contribution in [3.63, 3.8) is 0 Å². The van der Waals surface area contributed by atoms with E-state index in [9.17, 15) is 5.02 Å². The quantitative estimate of drug-likeness (QED) is 0.241. The first kappa shape index (κ1) is 19.6. The minimum atomic E-state index is -0.357. The summed E-state index contributed by atoms with van der Waals surface area (Å²) in [6.07, 6.45) is 0. The Morgan fingerprint density at radius 2 is 1.06 bits per heavy atom. The molecular weight excluding hydrogens is 403 g/mol. The lowest BCUT2D eigenvalue weighted by Crippen LogP contribution is -2.02. The third-order valence-corrected chi connectivity index (χ3v) is 6.34. The maximum atomic E-state index is 9.55. The monoisotopic (exact) mass is 424 g/mol. The second-order valence-corrected chi connectivity index (χ2v) is 8.18. The molecule has 6 aromatic carbocycles. The molecule has 2 nitrogen and oxygen atoms in total. The molecule has 0 heterocycles. The van der Waals surface area contributed by atoms with E-state index in [0.29, 0.717) is 0 Å². The summed E-state index contributed by atoms with van der Waals surface area (Å²) in [5, 5.41) is 16.2. The van der Waals surface area contributed by atoms with Crippen LogP contribution in [0.15, 0.2) is 115 Å². The van der Waals surface area contributed by atoms with Crippen LogP contribution >= 0.6 is 0 Å². The van der Waals surface area contributed by atoms with Crippen LogP contribution in [-0.4, -0.2) is 12.7 Å². The van der Waals surface area contributed by atoms with Gasteiger partial charge in [-0.3, -0.25) is 0 Å². The first-order chi connectivity index (χ1) is 16.3. The summed E-state index contributed by atoms with van der Waals surface area (Å²) < 4.78 is 5.72. The summed E-state index contributed by atoms with van der Waals surface area (Å²) in [6, 6.07) is 40.3. The molecule has 0 spiro atoms. The lowest BCUT2D eigenvalue weighted by Gasteiger charge is -2.17. The number of hydrogen-bond donors (Lipinski definition) is 1. The van der Waals surface area contributed by atoms with Crippen LogP contribution in [0.5, 0.6) is 5.75 Å². The highest BCUT2D eigenvalue weighted by Gasteiger charge is 2.16. The Kier molecular flexibility index (Phi) is 4.82. The molecule has 0 bridgehead atoms. The van der Waals surface area contributed by atoms with Crippen molar-refractivity contribution in [2.75, 3.05) is 0 Å². The highest BCUT2D eigenvalue weighted by molar-refractivity contribution is 6.22. The number of benzene rings is 6. The third kappa shape index (κ3) is 3.26. The Morgan fingerprint density at radius 3 is 1.76 bits per heavy atom. The number of fused-ring (bicyclic) bond motifs is 3. The van der Waals surface area contributed by atoms with Crippen molar-refractivity contribution in [1.82, 2.24) is 0 Å². The normalized spacial score (nSPS) is 11.2. The first-order valence-electron chi connectivity index (χ1n) is 11.1. The molecule has 6 rings (SSSR count). The Bertz CT molecular complexity index is 1580. The van der Waals surface area contributed by atoms with Gasteiger partial charge in [-0.15, -0.1) is 0 Å². The van der Waals surface area contributed by atoms with Crippen molar-refractivity contribution in [1.29, 1.82) is 0 Å². The molecule has 33 heavy (non-hydrogen) atoms. The Hall–Kier alpha value is -4.08. The largest absolute Gasteiger partial charge is 0.538 e. The highest BCUT2D eigenvalue weighted by Crippen LogP contribution is 2.43. The molecule has 0 unspecified atom stereocenters. The van der Waals surface area contributed by atoms with Gasteiger partial charge in [-0.2, -0.15) is 0 Å². The van der Waals surface area contributed by atoms with Crippen LogP contribution in [-0.2, 0) is 0 Å². The molecule has 156 valence electrons. The number of rotatable bonds is 4. The summed E-state index contributed by atoms with van der Waals surface area (Å²) in [6.45, 7) is 0. The third-order valence-electron chi connectivity index (χ3n) is 6.34. The van der Waals surface area contributed by atoms with E-state index in [2.05, 4.69) is 103 Å². The topological polar surface area (TPSA) is 29.5 Å². The Balaban J connectivity index is 1.66. The maximum absolute atomic E-state index is 9.55. The zero-order valence-electron chi connectivity index (χ0n) is 18.0. The van der Waals surface area contributed by atoms with Crippen molar-refractivity contribution >= 4 is 40.0 Å². The summed E-state index contributed by atoms with van der Waals surface area (Å²) in [7, 11) is -0.357. The summed E-state index contributed by atoms with van der Waals surface area (Å²) in [5.41, 5.74) is 4.74. The van der Waals surface area contributed by atoms with Gasteiger partial charge in [-0.1, -0.05) is 109 Å². The average molecular weight is 424 g/mol. The van der Waals surface area contributed by atoms with Crippen LogP contribution in [0.25, 0.3) is 54.6 Å². The average Bonchev–Trinajstić information content (AvgIpc) is 2.88. The molecule has 0 amide bonds. The summed E-state index contributed by atoms with van der Waals surface area (Å²) >= 11 is 0. The Labute approximate surface area is 193 Å². The summed E-state index contributed by atoms with van der Waals surface area (Å²) in [5.74, 6) is 0.720. The van der Waals surface area contributed by atoms with Crippen molar-refractivity contribution in [3.05, 3.63) is 115 Å². The standard InChI is InChI=1S/C30H21BO2/c32-31-33-30-27-16-5-3-14-25(27)29(26-15-4-6-17-28(26)30)22-12-7-11-21(19-22)24-18-8-10-20-9-1-2-13-23(20)24/h1-19,31-32H. The predicted molar refractivity (Wildman–Crippen MR) is 140 cm³/mol. The van der Waals surface area contributed by atoms with Gasteiger partial charge < -0.3 is 9.68 Å². The van der Waals surface area contributed by atoms with Gasteiger partial charge in [-0.05, 0) is 49.9 Å². The minimum Gasteiger partial charge on any atom is -0.538 e. The molecule has 0 saturated heterocycles. The molecule has 0 aliphatic heterocycles. The van der Waals surface area contributed by atoms with Crippen molar-refractivity contribution in [2.45, 2.75) is 0 Å². The predicted octanol–water partition coefficient (Wildman–Crippen LogP) is 7.12. The van der Waals surface area contributed by atoms with Gasteiger partial charge in [0, 0.05) is 10.8 Å². The second kappa shape index (κ2) is 8.12. The molecule has 3 heteroatoms. The molecule has 1 N–H and O–H groups in total. The van der Waals surface area contributed by atoms with Crippen LogP contribution in [0.2, 0.25) is 0 Å². The smallest absolute Gasteiger partial charge is 0.504 e. The first-order valence-corrected chi connectivity index (χ1v) is 11.1. The van der Waals surface area contributed by atoms with Gasteiger partial charge in [0.15, 0.2) is 0 Å². The Morgan fingerprint density at radius 1 is 0.515 bits per heavy atom. The van der Waals surface area contributed by atoms with Gasteiger partial charge in [0.2, 0.25) is 0 Å². The molecule has 0 saturated carbocycles. The van der Waals surface area contributed by atoms with E-state index in [4.69, 9.17) is 4.65 Å². The zero-order chi connectivity index (χ0) is 22.2. The maximum Gasteiger partial charge on any atom is 0.504 e. The molecule has 0 aromatic heterocycles. The van der Waals surface area contributed by atoms with E-state index >= 15 is 0 Å². The highest BCUT2D eigenvalue weighted by atomic mass is 16.5. The molecule has 0 aliphatic carbocycles. The van der Waals surface area contributed by atoms with Gasteiger partial charge >= 0.3 is 7.69 Å². The molecule has 6 aromatic rings. The number of hydrogen-bond acceptors (Lipinski definition) is 2. The molecule has 0 fully saturated rings. The lowest BCUT2D eigenvalue weighted by atomic mass is 9.89. The fourth-order valence-corrected chi connectivity index (χ4v) is 4.94. The second-order valence-electron chi connectivity index (χ2n) is 8.18. The van der Waals surface area contributed by atoms with Crippen molar-refractivity contribution in [3.8, 4) is 28.0 Å². The molecule has 0 radical (unpaired) electrons. The van der Waals surface area contributed by atoms with Gasteiger partial charge in [0.05, 0.1) is 0 Å². The lowest BCUT2D eigenvalue weighted by molar-refractivity contribution is 0.459. The van der Waals surface area contributed by atoms with Gasteiger partial charge in [0.25, 0.3) is 0 Å². The molecule has 0 aliphatic rings.